The Morgan fingerprint density at radius 2 is 1.10 bits per heavy atom. The molecular weight excluding hydrogens is 294 g/mol. The van der Waals surface area contributed by atoms with Crippen LogP contribution in [0.25, 0.3) is 0 Å². The third kappa shape index (κ3) is 6.24. The van der Waals surface area contributed by atoms with E-state index in [-0.39, 0.29) is 5.95 Å². The molecule has 0 aliphatic carbocycles. The first-order valence-electron chi connectivity index (χ1n) is 5.14. The molecule has 0 unspecified atom stereocenters. The van der Waals surface area contributed by atoms with Crippen molar-refractivity contribution in [3.8, 4) is 0 Å². The number of halogens is 6. The summed E-state index contributed by atoms with van der Waals surface area (Å²) in [6.45, 7) is -2.84. The first kappa shape index (κ1) is 16.0. The molecule has 0 saturated heterocycles. The summed E-state index contributed by atoms with van der Waals surface area (Å²) in [4.78, 5) is 10.5. The van der Waals surface area contributed by atoms with E-state index >= 15 is 0 Å². The molecule has 0 aromatic carbocycles. The average molecular weight is 304 g/mol. The summed E-state index contributed by atoms with van der Waals surface area (Å²) < 4.78 is 72.1. The molecule has 0 atom stereocenters. The summed E-state index contributed by atoms with van der Waals surface area (Å²) in [7, 11) is 1.36. The van der Waals surface area contributed by atoms with E-state index in [4.69, 9.17) is 0 Å². The molecule has 0 spiro atoms. The second-order valence-corrected chi connectivity index (χ2v) is 3.49. The molecule has 0 aliphatic heterocycles. The van der Waals surface area contributed by atoms with Crippen molar-refractivity contribution in [3.05, 3.63) is 0 Å². The maximum atomic E-state index is 12.0. The van der Waals surface area contributed by atoms with Crippen molar-refractivity contribution in [2.24, 2.45) is 0 Å². The van der Waals surface area contributed by atoms with E-state index in [2.05, 4.69) is 20.3 Å². The Labute approximate surface area is 109 Å². The number of nitrogens with zero attached hydrogens (tertiary/aromatic N) is 3. The lowest BCUT2D eigenvalue weighted by Gasteiger charge is -2.12. The molecule has 114 valence electrons. The van der Waals surface area contributed by atoms with Crippen LogP contribution in [0.3, 0.4) is 0 Å². The van der Waals surface area contributed by atoms with Gasteiger partial charge < -0.3 is 16.0 Å². The van der Waals surface area contributed by atoms with Gasteiger partial charge in [-0.15, -0.1) is 0 Å². The van der Waals surface area contributed by atoms with E-state index in [1.54, 1.807) is 0 Å². The largest absolute Gasteiger partial charge is 0.405 e. The fourth-order valence-electron chi connectivity index (χ4n) is 1.00. The Morgan fingerprint density at radius 3 is 1.40 bits per heavy atom. The van der Waals surface area contributed by atoms with Crippen molar-refractivity contribution in [2.45, 2.75) is 12.4 Å². The molecule has 1 heterocycles. The SMILES string of the molecule is CNc1nc(NCC(F)(F)F)nc(NCC(F)(F)F)n1. The predicted octanol–water partition coefficient (Wildman–Crippen LogP) is 1.86. The number of hydrogen-bond donors (Lipinski definition) is 3. The van der Waals surface area contributed by atoms with Crippen molar-refractivity contribution in [3.63, 3.8) is 0 Å². The predicted molar refractivity (Wildman–Crippen MR) is 58.5 cm³/mol. The summed E-state index contributed by atoms with van der Waals surface area (Å²) in [6.07, 6.45) is -9.02. The van der Waals surface area contributed by atoms with Crippen LogP contribution in [0.5, 0.6) is 0 Å². The minimum atomic E-state index is -4.51. The van der Waals surface area contributed by atoms with Crippen LogP contribution in [0.2, 0.25) is 0 Å². The van der Waals surface area contributed by atoms with E-state index < -0.39 is 37.3 Å². The molecule has 0 amide bonds. The van der Waals surface area contributed by atoms with Crippen LogP contribution in [0.1, 0.15) is 0 Å². The van der Waals surface area contributed by atoms with Crippen LogP contribution < -0.4 is 16.0 Å². The van der Waals surface area contributed by atoms with Crippen LogP contribution in [0.4, 0.5) is 44.2 Å². The van der Waals surface area contributed by atoms with Gasteiger partial charge >= 0.3 is 12.4 Å². The first-order valence-corrected chi connectivity index (χ1v) is 5.14. The molecule has 0 fully saturated rings. The van der Waals surface area contributed by atoms with E-state index in [0.29, 0.717) is 0 Å². The average Bonchev–Trinajstić information content (AvgIpc) is 2.32. The lowest BCUT2D eigenvalue weighted by molar-refractivity contribution is -0.115. The Balaban J connectivity index is 2.80. The monoisotopic (exact) mass is 304 g/mol. The number of nitrogens with one attached hydrogen (secondary N) is 3. The summed E-state index contributed by atoms with van der Waals surface area (Å²) in [5, 5.41) is 6.09. The maximum Gasteiger partial charge on any atom is 0.405 e. The summed E-state index contributed by atoms with van der Waals surface area (Å²) in [6, 6.07) is 0. The van der Waals surface area contributed by atoms with Crippen LogP contribution in [0, 0.1) is 0 Å². The molecule has 0 bridgehead atoms. The van der Waals surface area contributed by atoms with Gasteiger partial charge in [-0.3, -0.25) is 0 Å². The van der Waals surface area contributed by atoms with Crippen LogP contribution in [-0.2, 0) is 0 Å². The maximum absolute atomic E-state index is 12.0. The minimum absolute atomic E-state index is 0.172. The van der Waals surface area contributed by atoms with Gasteiger partial charge in [-0.1, -0.05) is 0 Å². The second kappa shape index (κ2) is 5.96. The van der Waals surface area contributed by atoms with Crippen molar-refractivity contribution in [2.75, 3.05) is 36.1 Å². The van der Waals surface area contributed by atoms with E-state index in [1.807, 2.05) is 10.6 Å². The van der Waals surface area contributed by atoms with Gasteiger partial charge in [0.1, 0.15) is 13.1 Å². The first-order chi connectivity index (χ1) is 9.09. The normalized spacial score (nSPS) is 12.2. The highest BCUT2D eigenvalue weighted by Gasteiger charge is 2.28. The lowest BCUT2D eigenvalue weighted by Crippen LogP contribution is -2.25. The van der Waals surface area contributed by atoms with Crippen LogP contribution in [-0.4, -0.2) is 47.4 Å². The lowest BCUT2D eigenvalue weighted by atomic mass is 10.6. The van der Waals surface area contributed by atoms with E-state index in [0.717, 1.165) is 0 Å². The minimum Gasteiger partial charge on any atom is -0.357 e. The van der Waals surface area contributed by atoms with E-state index in [9.17, 15) is 26.3 Å². The summed E-state index contributed by atoms with van der Waals surface area (Å²) in [5.41, 5.74) is 0. The summed E-state index contributed by atoms with van der Waals surface area (Å²) >= 11 is 0. The molecule has 12 heteroatoms. The molecule has 3 N–H and O–H groups in total. The number of alkyl halides is 6. The van der Waals surface area contributed by atoms with Gasteiger partial charge in [0.2, 0.25) is 17.8 Å². The third-order valence-corrected chi connectivity index (χ3v) is 1.75. The second-order valence-electron chi connectivity index (χ2n) is 3.49. The van der Waals surface area contributed by atoms with Crippen molar-refractivity contribution >= 4 is 17.8 Å². The number of anilines is 3. The number of hydrogen-bond acceptors (Lipinski definition) is 6. The van der Waals surface area contributed by atoms with Gasteiger partial charge in [-0.05, 0) is 0 Å². The standard InChI is InChI=1S/C8H10F6N6/c1-15-4-18-5(16-2-7(9,10)11)20-6(19-4)17-3-8(12,13)14/h2-3H2,1H3,(H3,15,16,17,18,19,20). The van der Waals surface area contributed by atoms with Crippen molar-refractivity contribution < 1.29 is 26.3 Å². The van der Waals surface area contributed by atoms with Gasteiger partial charge in [0.05, 0.1) is 0 Å². The third-order valence-electron chi connectivity index (χ3n) is 1.75. The Bertz CT molecular complexity index is 408. The van der Waals surface area contributed by atoms with Gasteiger partial charge in [-0.2, -0.15) is 41.3 Å². The Morgan fingerprint density at radius 1 is 0.750 bits per heavy atom. The quantitative estimate of drug-likeness (QED) is 0.721. The smallest absolute Gasteiger partial charge is 0.357 e. The van der Waals surface area contributed by atoms with Gasteiger partial charge in [0.25, 0.3) is 0 Å². The zero-order valence-corrected chi connectivity index (χ0v) is 10.0. The van der Waals surface area contributed by atoms with Gasteiger partial charge in [0.15, 0.2) is 0 Å². The molecule has 0 saturated carbocycles. The molecule has 1 aromatic heterocycles. The zero-order valence-electron chi connectivity index (χ0n) is 10.0. The summed E-state index contributed by atoms with van der Waals surface area (Å²) in [5.74, 6) is -1.16. The molecule has 0 radical (unpaired) electrons. The number of aromatic nitrogens is 3. The fourth-order valence-corrected chi connectivity index (χ4v) is 1.00. The number of rotatable bonds is 5. The van der Waals surface area contributed by atoms with Gasteiger partial charge in [0, 0.05) is 7.05 Å². The topological polar surface area (TPSA) is 74.8 Å². The Hall–Kier alpha value is -2.01. The Kier molecular flexibility index (Phi) is 4.78. The van der Waals surface area contributed by atoms with Crippen molar-refractivity contribution in [1.29, 1.82) is 0 Å². The van der Waals surface area contributed by atoms with Crippen LogP contribution in [0.15, 0.2) is 0 Å². The molecule has 1 aromatic rings. The molecule has 1 rings (SSSR count). The molecule has 20 heavy (non-hydrogen) atoms. The molecule has 0 aliphatic rings. The fraction of sp³-hybridized carbons (Fsp3) is 0.625. The highest BCUT2D eigenvalue weighted by molar-refractivity contribution is 5.41. The van der Waals surface area contributed by atoms with Crippen LogP contribution >= 0.6 is 0 Å². The van der Waals surface area contributed by atoms with Gasteiger partial charge in [-0.25, -0.2) is 0 Å². The molecular formula is C8H10F6N6. The highest BCUT2D eigenvalue weighted by Crippen LogP contribution is 2.18. The molecule has 6 nitrogen and oxygen atoms in total. The highest BCUT2D eigenvalue weighted by atomic mass is 19.4. The van der Waals surface area contributed by atoms with E-state index in [1.165, 1.54) is 7.05 Å². The van der Waals surface area contributed by atoms with Crippen molar-refractivity contribution in [1.82, 2.24) is 15.0 Å². The zero-order chi connectivity index (χ0) is 15.4.